The maximum Gasteiger partial charge on any atom is 0.255 e. The summed E-state index contributed by atoms with van der Waals surface area (Å²) in [6.07, 6.45) is 4.04. The van der Waals surface area contributed by atoms with Gasteiger partial charge in [-0.3, -0.25) is 4.79 Å². The average molecular weight is 426 g/mol. The zero-order valence-corrected chi connectivity index (χ0v) is 18.7. The van der Waals surface area contributed by atoms with E-state index in [4.69, 9.17) is 0 Å². The number of benzene rings is 3. The molecule has 3 aromatic carbocycles. The van der Waals surface area contributed by atoms with E-state index in [1.807, 2.05) is 54.6 Å². The molecule has 0 radical (unpaired) electrons. The van der Waals surface area contributed by atoms with E-state index >= 15 is 0 Å². The molecule has 1 N–H and O–H groups in total. The highest BCUT2D eigenvalue weighted by atomic mass is 16.1. The molecular formula is C28H31N3O. The number of carbonyl (C=O) groups excluding carboxylic acids is 1. The van der Waals surface area contributed by atoms with Crippen LogP contribution in [-0.2, 0) is 0 Å². The monoisotopic (exact) mass is 425 g/mol. The van der Waals surface area contributed by atoms with Gasteiger partial charge in [0.25, 0.3) is 5.91 Å². The SMILES string of the molecule is CN(CC1CC1)C1CCN(c2ccc(NC(=O)c3ccc(-c4ccccc4)cc3)cc2)C1. The lowest BCUT2D eigenvalue weighted by atomic mass is 10.0. The van der Waals surface area contributed by atoms with Crippen molar-refractivity contribution in [2.45, 2.75) is 25.3 Å². The maximum absolute atomic E-state index is 12.7. The van der Waals surface area contributed by atoms with E-state index in [0.717, 1.165) is 35.8 Å². The lowest BCUT2D eigenvalue weighted by molar-refractivity contribution is 0.102. The summed E-state index contributed by atoms with van der Waals surface area (Å²) >= 11 is 0. The van der Waals surface area contributed by atoms with Gasteiger partial charge in [-0.05, 0) is 79.8 Å². The number of rotatable bonds is 7. The van der Waals surface area contributed by atoms with Gasteiger partial charge in [-0.25, -0.2) is 0 Å². The number of anilines is 2. The molecule has 32 heavy (non-hydrogen) atoms. The topological polar surface area (TPSA) is 35.6 Å². The standard InChI is InChI=1S/C28H31N3O/c1-30(19-21-7-8-21)27-17-18-31(20-27)26-15-13-25(14-16-26)29-28(32)24-11-9-23(10-12-24)22-5-3-2-4-6-22/h2-6,9-16,21,27H,7-8,17-20H2,1H3,(H,29,32). The molecule has 1 atom stereocenters. The highest BCUT2D eigenvalue weighted by Crippen LogP contribution is 2.31. The smallest absolute Gasteiger partial charge is 0.255 e. The molecule has 4 heteroatoms. The summed E-state index contributed by atoms with van der Waals surface area (Å²) in [4.78, 5) is 17.7. The highest BCUT2D eigenvalue weighted by Gasteiger charge is 2.30. The minimum absolute atomic E-state index is 0.0831. The number of nitrogens with zero attached hydrogens (tertiary/aromatic N) is 2. The molecule has 4 nitrogen and oxygen atoms in total. The molecule has 1 unspecified atom stereocenters. The van der Waals surface area contributed by atoms with E-state index < -0.39 is 0 Å². The van der Waals surface area contributed by atoms with Gasteiger partial charge in [0, 0.05) is 42.6 Å². The van der Waals surface area contributed by atoms with Crippen molar-refractivity contribution < 1.29 is 4.79 Å². The largest absolute Gasteiger partial charge is 0.370 e. The number of carbonyl (C=O) groups is 1. The maximum atomic E-state index is 12.7. The number of amides is 1. The van der Waals surface area contributed by atoms with Crippen molar-refractivity contribution in [1.82, 2.24) is 4.90 Å². The quantitative estimate of drug-likeness (QED) is 0.541. The van der Waals surface area contributed by atoms with Crippen molar-refractivity contribution in [1.29, 1.82) is 0 Å². The summed E-state index contributed by atoms with van der Waals surface area (Å²) in [6.45, 7) is 3.43. The Bertz CT molecular complexity index is 1040. The minimum atomic E-state index is -0.0831. The van der Waals surface area contributed by atoms with E-state index in [-0.39, 0.29) is 5.91 Å². The summed E-state index contributed by atoms with van der Waals surface area (Å²) in [5, 5.41) is 3.03. The number of hydrogen-bond donors (Lipinski definition) is 1. The van der Waals surface area contributed by atoms with E-state index in [2.05, 4.69) is 46.4 Å². The Balaban J connectivity index is 1.17. The van der Waals surface area contributed by atoms with Gasteiger partial charge in [-0.2, -0.15) is 0 Å². The van der Waals surface area contributed by atoms with Gasteiger partial charge < -0.3 is 15.1 Å². The second kappa shape index (κ2) is 9.17. The Morgan fingerprint density at radius 1 is 0.906 bits per heavy atom. The molecule has 3 aromatic rings. The average Bonchev–Trinajstić information content (AvgIpc) is 3.51. The summed E-state index contributed by atoms with van der Waals surface area (Å²) in [6, 6.07) is 26.9. The Morgan fingerprint density at radius 2 is 1.59 bits per heavy atom. The summed E-state index contributed by atoms with van der Waals surface area (Å²) in [5.41, 5.74) is 4.98. The molecule has 1 saturated heterocycles. The summed E-state index contributed by atoms with van der Waals surface area (Å²) in [5.74, 6) is 0.854. The first-order chi connectivity index (χ1) is 15.7. The van der Waals surface area contributed by atoms with Crippen molar-refractivity contribution >= 4 is 17.3 Å². The van der Waals surface area contributed by atoms with Gasteiger partial charge in [0.2, 0.25) is 0 Å². The van der Waals surface area contributed by atoms with Crippen LogP contribution in [0.25, 0.3) is 11.1 Å². The second-order valence-electron chi connectivity index (χ2n) is 9.22. The fourth-order valence-electron chi connectivity index (χ4n) is 4.60. The number of hydrogen-bond acceptors (Lipinski definition) is 3. The van der Waals surface area contributed by atoms with Crippen molar-refractivity contribution in [2.24, 2.45) is 5.92 Å². The molecule has 1 saturated carbocycles. The second-order valence-corrected chi connectivity index (χ2v) is 9.22. The third-order valence-electron chi connectivity index (χ3n) is 6.77. The zero-order valence-electron chi connectivity index (χ0n) is 18.7. The van der Waals surface area contributed by atoms with Crippen molar-refractivity contribution in [3.05, 3.63) is 84.4 Å². The molecule has 0 spiro atoms. The molecule has 0 aromatic heterocycles. The molecule has 1 aliphatic carbocycles. The molecule has 1 amide bonds. The lowest BCUT2D eigenvalue weighted by Gasteiger charge is -2.25. The number of nitrogens with one attached hydrogen (secondary N) is 1. The highest BCUT2D eigenvalue weighted by molar-refractivity contribution is 6.04. The predicted molar refractivity (Wildman–Crippen MR) is 132 cm³/mol. The van der Waals surface area contributed by atoms with E-state index in [1.54, 1.807) is 0 Å². The Kier molecular flexibility index (Phi) is 5.95. The molecule has 1 aliphatic heterocycles. The minimum Gasteiger partial charge on any atom is -0.370 e. The van der Waals surface area contributed by atoms with Crippen LogP contribution in [0.3, 0.4) is 0 Å². The van der Waals surface area contributed by atoms with Crippen LogP contribution in [0.4, 0.5) is 11.4 Å². The lowest BCUT2D eigenvalue weighted by Crippen LogP contribution is -2.35. The Labute approximate surface area is 190 Å². The zero-order chi connectivity index (χ0) is 21.9. The van der Waals surface area contributed by atoms with Crippen LogP contribution in [0.1, 0.15) is 29.6 Å². The first-order valence-corrected chi connectivity index (χ1v) is 11.7. The molecule has 164 valence electrons. The normalized spacial score (nSPS) is 18.2. The van der Waals surface area contributed by atoms with Crippen LogP contribution in [0, 0.1) is 5.92 Å². The van der Waals surface area contributed by atoms with E-state index in [1.165, 1.54) is 31.5 Å². The van der Waals surface area contributed by atoms with Crippen LogP contribution in [0.2, 0.25) is 0 Å². The van der Waals surface area contributed by atoms with Gasteiger partial charge in [0.15, 0.2) is 0 Å². The predicted octanol–water partition coefficient (Wildman–Crippen LogP) is 5.53. The van der Waals surface area contributed by atoms with Gasteiger partial charge >= 0.3 is 0 Å². The van der Waals surface area contributed by atoms with Crippen molar-refractivity contribution in [3.8, 4) is 11.1 Å². The van der Waals surface area contributed by atoms with Crippen molar-refractivity contribution in [2.75, 3.05) is 36.9 Å². The van der Waals surface area contributed by atoms with Crippen LogP contribution in [0.15, 0.2) is 78.9 Å². The van der Waals surface area contributed by atoms with E-state index in [9.17, 15) is 4.79 Å². The molecule has 0 bridgehead atoms. The van der Waals surface area contributed by atoms with Crippen LogP contribution in [0.5, 0.6) is 0 Å². The fraction of sp³-hybridized carbons (Fsp3) is 0.321. The first kappa shape index (κ1) is 20.8. The van der Waals surface area contributed by atoms with Crippen molar-refractivity contribution in [3.63, 3.8) is 0 Å². The summed E-state index contributed by atoms with van der Waals surface area (Å²) in [7, 11) is 2.28. The third kappa shape index (κ3) is 4.86. The molecular weight excluding hydrogens is 394 g/mol. The van der Waals surface area contributed by atoms with Crippen LogP contribution < -0.4 is 10.2 Å². The molecule has 1 heterocycles. The van der Waals surface area contributed by atoms with Gasteiger partial charge in [0.05, 0.1) is 0 Å². The Hall–Kier alpha value is -3.11. The first-order valence-electron chi connectivity index (χ1n) is 11.7. The fourth-order valence-corrected chi connectivity index (χ4v) is 4.60. The van der Waals surface area contributed by atoms with Crippen LogP contribution >= 0.6 is 0 Å². The molecule has 2 aliphatic rings. The molecule has 2 fully saturated rings. The number of likely N-dealkylation sites (N-methyl/N-ethyl adjacent to an activating group) is 1. The summed E-state index contributed by atoms with van der Waals surface area (Å²) < 4.78 is 0. The third-order valence-corrected chi connectivity index (χ3v) is 6.77. The van der Waals surface area contributed by atoms with Gasteiger partial charge in [-0.15, -0.1) is 0 Å². The van der Waals surface area contributed by atoms with Crippen LogP contribution in [-0.4, -0.2) is 43.5 Å². The van der Waals surface area contributed by atoms with Gasteiger partial charge in [0.1, 0.15) is 0 Å². The van der Waals surface area contributed by atoms with E-state index in [0.29, 0.717) is 11.6 Å². The molecule has 5 rings (SSSR count). The van der Waals surface area contributed by atoms with Gasteiger partial charge in [-0.1, -0.05) is 42.5 Å². The Morgan fingerprint density at radius 3 is 2.28 bits per heavy atom.